The van der Waals surface area contributed by atoms with Gasteiger partial charge in [0.2, 0.25) is 5.91 Å². The van der Waals surface area contributed by atoms with E-state index in [4.69, 9.17) is 9.47 Å². The molecule has 0 spiro atoms. The summed E-state index contributed by atoms with van der Waals surface area (Å²) in [4.78, 5) is 26.0. The first-order valence-corrected chi connectivity index (χ1v) is 8.41. The Labute approximate surface area is 143 Å². The van der Waals surface area contributed by atoms with Crippen LogP contribution in [-0.2, 0) is 20.9 Å². The predicted molar refractivity (Wildman–Crippen MR) is 90.6 cm³/mol. The molecule has 132 valence electrons. The van der Waals surface area contributed by atoms with E-state index in [1.165, 1.54) is 0 Å². The van der Waals surface area contributed by atoms with Crippen LogP contribution in [0.25, 0.3) is 0 Å². The Morgan fingerprint density at radius 2 is 2.04 bits per heavy atom. The quantitative estimate of drug-likeness (QED) is 0.767. The zero-order chi connectivity index (χ0) is 17.4. The highest BCUT2D eigenvalue weighted by Crippen LogP contribution is 2.17. The standard InChI is InChI=1S/C18H26N2O4/c1-3-24-18(22)15-5-4-10-20(12-15)13-17(21)19-11-14-6-8-16(23-2)9-7-14/h6-9,15H,3-5,10-13H2,1-2H3,(H,19,21)/t15-/m1/s1. The number of amides is 1. The Hall–Kier alpha value is -2.08. The number of methoxy groups -OCH3 is 1. The number of carbonyl (C=O) groups excluding carboxylic acids is 2. The molecule has 1 aliphatic heterocycles. The third kappa shape index (κ3) is 5.53. The van der Waals surface area contributed by atoms with E-state index in [0.717, 1.165) is 30.7 Å². The number of nitrogens with one attached hydrogen (secondary N) is 1. The van der Waals surface area contributed by atoms with E-state index >= 15 is 0 Å². The van der Waals surface area contributed by atoms with Gasteiger partial charge in [0.1, 0.15) is 5.75 Å². The number of nitrogens with zero attached hydrogens (tertiary/aromatic N) is 1. The average Bonchev–Trinajstić information content (AvgIpc) is 2.61. The molecule has 1 atom stereocenters. The zero-order valence-corrected chi connectivity index (χ0v) is 14.4. The molecule has 6 nitrogen and oxygen atoms in total. The minimum absolute atomic E-state index is 0.0321. The van der Waals surface area contributed by atoms with E-state index in [2.05, 4.69) is 5.32 Å². The normalized spacial score (nSPS) is 18.0. The molecule has 0 saturated carbocycles. The lowest BCUT2D eigenvalue weighted by molar-refractivity contribution is -0.150. The van der Waals surface area contributed by atoms with Gasteiger partial charge in [-0.15, -0.1) is 0 Å². The largest absolute Gasteiger partial charge is 0.497 e. The van der Waals surface area contributed by atoms with Crippen molar-refractivity contribution in [2.75, 3.05) is 33.4 Å². The van der Waals surface area contributed by atoms with Gasteiger partial charge < -0.3 is 14.8 Å². The van der Waals surface area contributed by atoms with Crippen molar-refractivity contribution in [2.45, 2.75) is 26.3 Å². The third-order valence-corrected chi connectivity index (χ3v) is 4.14. The number of likely N-dealkylation sites (tertiary alicyclic amines) is 1. The molecular formula is C18H26N2O4. The van der Waals surface area contributed by atoms with E-state index in [9.17, 15) is 9.59 Å². The predicted octanol–water partition coefficient (Wildman–Crippen LogP) is 1.59. The summed E-state index contributed by atoms with van der Waals surface area (Å²) in [6.07, 6.45) is 1.75. The number of esters is 1. The third-order valence-electron chi connectivity index (χ3n) is 4.14. The van der Waals surface area contributed by atoms with Crippen LogP contribution in [0, 0.1) is 5.92 Å². The van der Waals surface area contributed by atoms with E-state index in [-0.39, 0.29) is 17.8 Å². The van der Waals surface area contributed by atoms with Crippen LogP contribution >= 0.6 is 0 Å². The summed E-state index contributed by atoms with van der Waals surface area (Å²) in [6.45, 7) is 4.44. The molecule has 24 heavy (non-hydrogen) atoms. The number of hydrogen-bond acceptors (Lipinski definition) is 5. The Morgan fingerprint density at radius 1 is 1.29 bits per heavy atom. The van der Waals surface area contributed by atoms with Crippen molar-refractivity contribution in [3.63, 3.8) is 0 Å². The van der Waals surface area contributed by atoms with Gasteiger partial charge >= 0.3 is 5.97 Å². The Morgan fingerprint density at radius 3 is 2.71 bits per heavy atom. The lowest BCUT2D eigenvalue weighted by atomic mass is 9.98. The fourth-order valence-corrected chi connectivity index (χ4v) is 2.85. The van der Waals surface area contributed by atoms with Crippen LogP contribution in [0.15, 0.2) is 24.3 Å². The first-order chi connectivity index (χ1) is 11.6. The van der Waals surface area contributed by atoms with Crippen LogP contribution in [0.4, 0.5) is 0 Å². The number of benzene rings is 1. The molecule has 0 aliphatic carbocycles. The van der Waals surface area contributed by atoms with Gasteiger partial charge in [-0.25, -0.2) is 0 Å². The number of carbonyl (C=O) groups is 2. The highest BCUT2D eigenvalue weighted by atomic mass is 16.5. The molecule has 1 aromatic rings. The van der Waals surface area contributed by atoms with Gasteiger partial charge in [0.25, 0.3) is 0 Å². The number of piperidine rings is 1. The maximum atomic E-state index is 12.1. The first-order valence-electron chi connectivity index (χ1n) is 8.41. The van der Waals surface area contributed by atoms with Crippen molar-refractivity contribution < 1.29 is 19.1 Å². The van der Waals surface area contributed by atoms with Gasteiger partial charge in [-0.1, -0.05) is 12.1 Å². The molecule has 0 unspecified atom stereocenters. The van der Waals surface area contributed by atoms with Gasteiger partial charge in [-0.3, -0.25) is 14.5 Å². The van der Waals surface area contributed by atoms with Crippen LogP contribution in [0.3, 0.4) is 0 Å². The van der Waals surface area contributed by atoms with Gasteiger partial charge in [0.15, 0.2) is 0 Å². The molecule has 0 aromatic heterocycles. The summed E-state index contributed by atoms with van der Waals surface area (Å²) in [7, 11) is 1.62. The summed E-state index contributed by atoms with van der Waals surface area (Å²) in [5, 5.41) is 2.92. The summed E-state index contributed by atoms with van der Waals surface area (Å²) in [5.41, 5.74) is 1.02. The minimum Gasteiger partial charge on any atom is -0.497 e. The first kappa shape index (κ1) is 18.3. The topological polar surface area (TPSA) is 67.9 Å². The van der Waals surface area contributed by atoms with E-state index in [1.807, 2.05) is 36.1 Å². The molecule has 1 amide bonds. The average molecular weight is 334 g/mol. The van der Waals surface area contributed by atoms with Crippen LogP contribution in [-0.4, -0.2) is 50.1 Å². The minimum atomic E-state index is -0.152. The lowest BCUT2D eigenvalue weighted by Gasteiger charge is -2.30. The maximum Gasteiger partial charge on any atom is 0.310 e. The van der Waals surface area contributed by atoms with Gasteiger partial charge in [-0.2, -0.15) is 0 Å². The summed E-state index contributed by atoms with van der Waals surface area (Å²) in [6, 6.07) is 7.60. The van der Waals surface area contributed by atoms with Crippen molar-refractivity contribution in [2.24, 2.45) is 5.92 Å². The number of rotatable bonds is 7. The Kier molecular flexibility index (Phi) is 7.06. The summed E-state index contributed by atoms with van der Waals surface area (Å²) < 4.78 is 10.2. The fourth-order valence-electron chi connectivity index (χ4n) is 2.85. The van der Waals surface area contributed by atoms with E-state index in [1.54, 1.807) is 7.11 Å². The summed E-state index contributed by atoms with van der Waals surface area (Å²) >= 11 is 0. The van der Waals surface area contributed by atoms with Crippen molar-refractivity contribution >= 4 is 11.9 Å². The second-order valence-electron chi connectivity index (χ2n) is 5.95. The molecule has 6 heteroatoms. The number of hydrogen-bond donors (Lipinski definition) is 1. The van der Waals surface area contributed by atoms with Crippen LogP contribution < -0.4 is 10.1 Å². The van der Waals surface area contributed by atoms with Gasteiger partial charge in [0, 0.05) is 13.1 Å². The molecular weight excluding hydrogens is 308 g/mol. The second-order valence-corrected chi connectivity index (χ2v) is 5.95. The molecule has 1 aliphatic rings. The summed E-state index contributed by atoms with van der Waals surface area (Å²) in [5.74, 6) is 0.493. The van der Waals surface area contributed by atoms with Crippen LogP contribution in [0.2, 0.25) is 0 Å². The van der Waals surface area contributed by atoms with E-state index in [0.29, 0.717) is 26.2 Å². The smallest absolute Gasteiger partial charge is 0.310 e. The molecule has 2 rings (SSSR count). The molecule has 1 fully saturated rings. The monoisotopic (exact) mass is 334 g/mol. The number of ether oxygens (including phenoxy) is 2. The van der Waals surface area contributed by atoms with Gasteiger partial charge in [0.05, 0.1) is 26.2 Å². The molecule has 0 bridgehead atoms. The zero-order valence-electron chi connectivity index (χ0n) is 14.4. The highest BCUT2D eigenvalue weighted by molar-refractivity contribution is 5.78. The van der Waals surface area contributed by atoms with Crippen molar-refractivity contribution in [1.29, 1.82) is 0 Å². The van der Waals surface area contributed by atoms with E-state index < -0.39 is 0 Å². The molecule has 1 saturated heterocycles. The SMILES string of the molecule is CCOC(=O)[C@@H]1CCCN(CC(=O)NCc2ccc(OC)cc2)C1. The van der Waals surface area contributed by atoms with Crippen LogP contribution in [0.5, 0.6) is 5.75 Å². The second kappa shape index (κ2) is 9.27. The molecule has 0 radical (unpaired) electrons. The van der Waals surface area contributed by atoms with Crippen molar-refractivity contribution in [1.82, 2.24) is 10.2 Å². The highest BCUT2D eigenvalue weighted by Gasteiger charge is 2.27. The van der Waals surface area contributed by atoms with Crippen LogP contribution in [0.1, 0.15) is 25.3 Å². The molecule has 1 aromatic carbocycles. The van der Waals surface area contributed by atoms with Gasteiger partial charge in [-0.05, 0) is 44.0 Å². The molecule has 1 N–H and O–H groups in total. The lowest BCUT2D eigenvalue weighted by Crippen LogP contribution is -2.44. The Balaban J connectivity index is 1.75. The maximum absolute atomic E-state index is 12.1. The fraction of sp³-hybridized carbons (Fsp3) is 0.556. The van der Waals surface area contributed by atoms with Crippen molar-refractivity contribution in [3.8, 4) is 5.75 Å². The molecule has 1 heterocycles. The van der Waals surface area contributed by atoms with Crippen molar-refractivity contribution in [3.05, 3.63) is 29.8 Å². The Bertz CT molecular complexity index is 544.